The summed E-state index contributed by atoms with van der Waals surface area (Å²) in [6.45, 7) is 14.5. The monoisotopic (exact) mass is 704 g/mol. The van der Waals surface area contributed by atoms with E-state index in [9.17, 15) is 0 Å². The Hall–Kier alpha value is -4.98. The van der Waals surface area contributed by atoms with Gasteiger partial charge in [-0.2, -0.15) is 0 Å². The summed E-state index contributed by atoms with van der Waals surface area (Å²) in [5, 5.41) is 3.19. The number of allylic oxidation sites excluding steroid dienone is 2. The zero-order valence-corrected chi connectivity index (χ0v) is 33.3. The smallest absolute Gasteiger partial charge is 0.0648 e. The van der Waals surface area contributed by atoms with Crippen molar-refractivity contribution in [1.29, 1.82) is 0 Å². The van der Waals surface area contributed by atoms with Gasteiger partial charge in [0.1, 0.15) is 8.07 Å². The molecule has 0 aromatic heterocycles. The van der Waals surface area contributed by atoms with Crippen molar-refractivity contribution < 1.29 is 0 Å². The van der Waals surface area contributed by atoms with Crippen molar-refractivity contribution in [2.45, 2.75) is 78.3 Å². The van der Waals surface area contributed by atoms with Gasteiger partial charge in [-0.1, -0.05) is 186 Å². The molecule has 0 fully saturated rings. The van der Waals surface area contributed by atoms with Crippen LogP contribution in [0.1, 0.15) is 96.9 Å². The number of hydrogen-bond donors (Lipinski definition) is 0. The molecule has 2 aliphatic carbocycles. The van der Waals surface area contributed by atoms with Gasteiger partial charge in [-0.05, 0) is 126 Å². The predicted molar refractivity (Wildman–Crippen MR) is 233 cm³/mol. The normalized spacial score (nSPS) is 15.1. The van der Waals surface area contributed by atoms with Crippen molar-refractivity contribution in [1.82, 2.24) is 0 Å². The number of benzene rings is 6. The molecule has 0 heterocycles. The molecular weight excluding hydrogens is 653 g/mol. The third kappa shape index (κ3) is 6.30. The second-order valence-electron chi connectivity index (χ2n) is 16.0. The van der Waals surface area contributed by atoms with Crippen LogP contribution in [-0.2, 0) is 12.8 Å². The van der Waals surface area contributed by atoms with Gasteiger partial charge in [-0.3, -0.25) is 0 Å². The zero-order chi connectivity index (χ0) is 36.7. The molecule has 0 radical (unpaired) electrons. The van der Waals surface area contributed by atoms with Gasteiger partial charge in [-0.15, -0.1) is 0 Å². The molecule has 264 valence electrons. The Morgan fingerprint density at radius 1 is 0.434 bits per heavy atom. The lowest BCUT2D eigenvalue weighted by Gasteiger charge is -2.33. The van der Waals surface area contributed by atoms with Crippen LogP contribution in [0.4, 0.5) is 0 Å². The summed E-state index contributed by atoms with van der Waals surface area (Å²) in [6.07, 6.45) is 4.22. The van der Waals surface area contributed by atoms with Crippen molar-refractivity contribution in [3.8, 4) is 22.3 Å². The van der Waals surface area contributed by atoms with E-state index in [1.165, 1.54) is 77.9 Å². The quantitative estimate of drug-likeness (QED) is 0.125. The first-order chi connectivity index (χ1) is 25.8. The van der Waals surface area contributed by atoms with E-state index in [4.69, 9.17) is 0 Å². The highest BCUT2D eigenvalue weighted by molar-refractivity contribution is 7.10. The average Bonchev–Trinajstić information content (AvgIpc) is 3.82. The lowest BCUT2D eigenvalue weighted by Crippen LogP contribution is -2.31. The molecule has 0 aliphatic heterocycles. The molecule has 0 saturated heterocycles. The van der Waals surface area contributed by atoms with E-state index >= 15 is 0 Å². The van der Waals surface area contributed by atoms with Crippen LogP contribution in [0.15, 0.2) is 146 Å². The molecule has 0 saturated carbocycles. The first-order valence-corrected chi connectivity index (χ1v) is 22.8. The average molecular weight is 705 g/mol. The molecule has 0 amide bonds. The molecule has 8 rings (SSSR count). The van der Waals surface area contributed by atoms with Crippen molar-refractivity contribution in [2.75, 3.05) is 0 Å². The Labute approximate surface area is 319 Å². The Morgan fingerprint density at radius 3 is 1.17 bits per heavy atom. The molecule has 2 aliphatic rings. The van der Waals surface area contributed by atoms with Gasteiger partial charge in [0.05, 0.1) is 0 Å². The standard InChI is InChI=1S/C52H52Si/c1-7-35(3)37-25-29-41(30-26-37)45-23-15-21-43-33-47(39-17-11-9-12-18-39)51(49(43)45)53(5,6)52-48(40-19-13-10-14-20-40)34-44-22-16-24-46(50(44)52)42-31-27-38(28-32-42)36(4)8-2/h9-32,35-36H,7-8,33-34H2,1-6H3. The van der Waals surface area contributed by atoms with Gasteiger partial charge in [0.2, 0.25) is 0 Å². The lowest BCUT2D eigenvalue weighted by atomic mass is 9.93. The fraction of sp³-hybridized carbons (Fsp3) is 0.231. The predicted octanol–water partition coefficient (Wildman–Crippen LogP) is 14.5. The van der Waals surface area contributed by atoms with E-state index in [1.54, 1.807) is 10.4 Å². The van der Waals surface area contributed by atoms with Crippen molar-refractivity contribution >= 4 is 29.6 Å². The fourth-order valence-corrected chi connectivity index (χ4v) is 13.2. The summed E-state index contributed by atoms with van der Waals surface area (Å²) in [6, 6.07) is 55.6. The molecular formula is C52H52Si. The van der Waals surface area contributed by atoms with E-state index in [0.717, 1.165) is 25.7 Å². The molecule has 1 heteroatoms. The Morgan fingerprint density at radius 2 is 0.811 bits per heavy atom. The maximum absolute atomic E-state index is 2.65. The molecule has 0 spiro atoms. The lowest BCUT2D eigenvalue weighted by molar-refractivity contribution is 0.734. The van der Waals surface area contributed by atoms with E-state index in [0.29, 0.717) is 11.8 Å². The molecule has 2 atom stereocenters. The summed E-state index contributed by atoms with van der Waals surface area (Å²) < 4.78 is 0. The third-order valence-corrected chi connectivity index (χ3v) is 16.0. The van der Waals surface area contributed by atoms with Gasteiger partial charge in [-0.25, -0.2) is 0 Å². The van der Waals surface area contributed by atoms with Crippen LogP contribution in [0.2, 0.25) is 13.1 Å². The fourth-order valence-electron chi connectivity index (χ4n) is 9.16. The molecule has 0 nitrogen and oxygen atoms in total. The Balaban J connectivity index is 1.38. The highest BCUT2D eigenvalue weighted by Gasteiger charge is 2.44. The summed E-state index contributed by atoms with van der Waals surface area (Å²) in [5.41, 5.74) is 19.8. The summed E-state index contributed by atoms with van der Waals surface area (Å²) >= 11 is 0. The van der Waals surface area contributed by atoms with Crippen molar-refractivity contribution in [2.24, 2.45) is 0 Å². The maximum atomic E-state index is 2.65. The SMILES string of the molecule is CCC(C)c1ccc(-c2cccc3c2C([Si](C)(C)C2=C(c4ccccc4)Cc4cccc(-c5ccc(C(C)CC)cc5)c42)=C(c2ccccc2)C3)cc1. The number of rotatable bonds is 10. The molecule has 2 unspecified atom stereocenters. The maximum Gasteiger partial charge on any atom is 0.114 e. The minimum absolute atomic E-state index is 0.559. The van der Waals surface area contributed by atoms with E-state index in [-0.39, 0.29) is 0 Å². The number of hydrogen-bond acceptors (Lipinski definition) is 0. The van der Waals surface area contributed by atoms with E-state index in [1.807, 2.05) is 0 Å². The van der Waals surface area contributed by atoms with Crippen molar-refractivity contribution in [3.05, 3.63) is 190 Å². The van der Waals surface area contributed by atoms with Gasteiger partial charge < -0.3 is 0 Å². The van der Waals surface area contributed by atoms with E-state index < -0.39 is 8.07 Å². The second kappa shape index (κ2) is 14.4. The molecule has 0 N–H and O–H groups in total. The summed E-state index contributed by atoms with van der Waals surface area (Å²) in [5.74, 6) is 1.12. The Kier molecular flexibility index (Phi) is 9.56. The first kappa shape index (κ1) is 35.1. The largest absolute Gasteiger partial charge is 0.114 e. The van der Waals surface area contributed by atoms with Gasteiger partial charge in [0, 0.05) is 0 Å². The highest BCUT2D eigenvalue weighted by Crippen LogP contribution is 2.55. The third-order valence-electron chi connectivity index (χ3n) is 12.4. The van der Waals surface area contributed by atoms with Gasteiger partial charge >= 0.3 is 0 Å². The van der Waals surface area contributed by atoms with Crippen LogP contribution in [0.5, 0.6) is 0 Å². The van der Waals surface area contributed by atoms with Crippen molar-refractivity contribution in [3.63, 3.8) is 0 Å². The molecule has 6 aromatic rings. The summed E-state index contributed by atoms with van der Waals surface area (Å²) in [7, 11) is -2.47. The van der Waals surface area contributed by atoms with Crippen LogP contribution < -0.4 is 0 Å². The minimum Gasteiger partial charge on any atom is -0.0648 e. The molecule has 0 bridgehead atoms. The Bertz CT molecular complexity index is 2150. The molecule has 6 aromatic carbocycles. The summed E-state index contributed by atoms with van der Waals surface area (Å²) in [4.78, 5) is 0. The molecule has 53 heavy (non-hydrogen) atoms. The van der Waals surface area contributed by atoms with Crippen LogP contribution in [-0.4, -0.2) is 8.07 Å². The number of fused-ring (bicyclic) bond motifs is 2. The van der Waals surface area contributed by atoms with Crippen LogP contribution in [0.3, 0.4) is 0 Å². The zero-order valence-electron chi connectivity index (χ0n) is 32.3. The van der Waals surface area contributed by atoms with Crippen LogP contribution in [0.25, 0.3) is 43.8 Å². The van der Waals surface area contributed by atoms with Gasteiger partial charge in [0.25, 0.3) is 0 Å². The van der Waals surface area contributed by atoms with Gasteiger partial charge in [0.15, 0.2) is 0 Å². The van der Waals surface area contributed by atoms with E-state index in [2.05, 4.69) is 186 Å². The van der Waals surface area contributed by atoms with Crippen LogP contribution >= 0.6 is 0 Å². The second-order valence-corrected chi connectivity index (χ2v) is 20.2. The topological polar surface area (TPSA) is 0 Å². The minimum atomic E-state index is -2.47. The van der Waals surface area contributed by atoms with Crippen LogP contribution in [0, 0.1) is 0 Å². The first-order valence-electron chi connectivity index (χ1n) is 19.8. The highest BCUT2D eigenvalue weighted by atomic mass is 28.3.